The number of hydrogen-bond acceptors (Lipinski definition) is 5. The highest BCUT2D eigenvalue weighted by molar-refractivity contribution is 7.14. The molecule has 1 N–H and O–H groups in total. The SMILES string of the molecule is CN=C(NCc1cccc(COC2CCOCC2)c1)N1CCN(c2cccs2)CC1. The summed E-state index contributed by atoms with van der Waals surface area (Å²) in [4.78, 5) is 9.32. The van der Waals surface area contributed by atoms with E-state index < -0.39 is 0 Å². The van der Waals surface area contributed by atoms with Crippen LogP contribution in [-0.2, 0) is 22.6 Å². The van der Waals surface area contributed by atoms with Gasteiger partial charge in [-0.05, 0) is 41.5 Å². The third-order valence-electron chi connectivity index (χ3n) is 5.70. The lowest BCUT2D eigenvalue weighted by Gasteiger charge is -2.37. The molecule has 2 saturated heterocycles. The molecule has 1 aromatic carbocycles. The average molecular weight is 429 g/mol. The van der Waals surface area contributed by atoms with Crippen LogP contribution < -0.4 is 10.2 Å². The summed E-state index contributed by atoms with van der Waals surface area (Å²) in [5.41, 5.74) is 2.47. The molecule has 1 aromatic heterocycles. The Morgan fingerprint density at radius 1 is 1.13 bits per heavy atom. The summed E-state index contributed by atoms with van der Waals surface area (Å²) in [7, 11) is 1.87. The van der Waals surface area contributed by atoms with E-state index in [4.69, 9.17) is 9.47 Å². The maximum Gasteiger partial charge on any atom is 0.194 e. The van der Waals surface area contributed by atoms with Crippen molar-refractivity contribution in [1.82, 2.24) is 10.2 Å². The van der Waals surface area contributed by atoms with Crippen molar-refractivity contribution in [1.29, 1.82) is 0 Å². The molecule has 0 atom stereocenters. The number of nitrogens with one attached hydrogen (secondary N) is 1. The minimum Gasteiger partial charge on any atom is -0.381 e. The minimum absolute atomic E-state index is 0.326. The van der Waals surface area contributed by atoms with E-state index in [1.165, 1.54) is 16.1 Å². The number of thiophene rings is 1. The van der Waals surface area contributed by atoms with Crippen LogP contribution in [0, 0.1) is 0 Å². The van der Waals surface area contributed by atoms with Crippen molar-refractivity contribution in [2.45, 2.75) is 32.1 Å². The first-order valence-electron chi connectivity index (χ1n) is 10.8. The van der Waals surface area contributed by atoms with Gasteiger partial charge in [-0.2, -0.15) is 0 Å². The number of ether oxygens (including phenoxy) is 2. The number of aliphatic imine (C=N–C) groups is 1. The summed E-state index contributed by atoms with van der Waals surface area (Å²) >= 11 is 1.81. The van der Waals surface area contributed by atoms with Gasteiger partial charge in [0, 0.05) is 53.0 Å². The van der Waals surface area contributed by atoms with E-state index in [-0.39, 0.29) is 0 Å². The van der Waals surface area contributed by atoms with Gasteiger partial charge in [0.2, 0.25) is 0 Å². The Kier molecular flexibility index (Phi) is 7.61. The number of guanidine groups is 1. The van der Waals surface area contributed by atoms with Crippen LogP contribution in [0.1, 0.15) is 24.0 Å². The number of rotatable bonds is 6. The molecule has 30 heavy (non-hydrogen) atoms. The van der Waals surface area contributed by atoms with Gasteiger partial charge in [0.05, 0.1) is 17.7 Å². The Labute approximate surface area is 183 Å². The molecule has 2 fully saturated rings. The van der Waals surface area contributed by atoms with Crippen molar-refractivity contribution in [2.75, 3.05) is 51.3 Å². The van der Waals surface area contributed by atoms with Gasteiger partial charge in [0.15, 0.2) is 5.96 Å². The summed E-state index contributed by atoms with van der Waals surface area (Å²) in [6.07, 6.45) is 2.32. The molecule has 0 saturated carbocycles. The van der Waals surface area contributed by atoms with Crippen LogP contribution >= 0.6 is 11.3 Å². The number of piperazine rings is 1. The van der Waals surface area contributed by atoms with Gasteiger partial charge in [-0.25, -0.2) is 0 Å². The molecule has 0 unspecified atom stereocenters. The van der Waals surface area contributed by atoms with Crippen LogP contribution in [0.25, 0.3) is 0 Å². The molecule has 2 aliphatic rings. The van der Waals surface area contributed by atoms with Crippen LogP contribution in [0.15, 0.2) is 46.8 Å². The standard InChI is InChI=1S/C23H32N4O2S/c1-24-23(27-11-9-26(10-12-27)22-6-3-15-30-22)25-17-19-4-2-5-20(16-19)18-29-21-7-13-28-14-8-21/h2-6,15-16,21H,7-14,17-18H2,1H3,(H,24,25). The van der Waals surface area contributed by atoms with E-state index in [9.17, 15) is 0 Å². The molecule has 0 aliphatic carbocycles. The van der Waals surface area contributed by atoms with E-state index in [1.807, 2.05) is 18.4 Å². The minimum atomic E-state index is 0.326. The smallest absolute Gasteiger partial charge is 0.194 e. The Morgan fingerprint density at radius 3 is 2.67 bits per heavy atom. The lowest BCUT2D eigenvalue weighted by atomic mass is 10.1. The second kappa shape index (κ2) is 10.8. The van der Waals surface area contributed by atoms with Gasteiger partial charge in [0.1, 0.15) is 0 Å². The highest BCUT2D eigenvalue weighted by Crippen LogP contribution is 2.22. The van der Waals surface area contributed by atoms with Gasteiger partial charge in [-0.1, -0.05) is 24.3 Å². The fourth-order valence-electron chi connectivity index (χ4n) is 3.99. The Bertz CT molecular complexity index is 797. The molecule has 0 bridgehead atoms. The van der Waals surface area contributed by atoms with Gasteiger partial charge < -0.3 is 24.6 Å². The van der Waals surface area contributed by atoms with E-state index in [1.54, 1.807) is 0 Å². The number of nitrogens with zero attached hydrogens (tertiary/aromatic N) is 3. The summed E-state index contributed by atoms with van der Waals surface area (Å²) in [6.45, 7) is 7.08. The number of benzene rings is 1. The van der Waals surface area contributed by atoms with Crippen LogP contribution in [0.2, 0.25) is 0 Å². The summed E-state index contributed by atoms with van der Waals surface area (Å²) in [5, 5.41) is 7.04. The molecule has 4 rings (SSSR count). The molecule has 7 heteroatoms. The average Bonchev–Trinajstić information content (AvgIpc) is 3.35. The molecule has 162 valence electrons. The van der Waals surface area contributed by atoms with Gasteiger partial charge >= 0.3 is 0 Å². The Balaban J connectivity index is 1.25. The van der Waals surface area contributed by atoms with Gasteiger partial charge in [-0.3, -0.25) is 4.99 Å². The number of anilines is 1. The van der Waals surface area contributed by atoms with Crippen LogP contribution in [0.5, 0.6) is 0 Å². The highest BCUT2D eigenvalue weighted by atomic mass is 32.1. The topological polar surface area (TPSA) is 49.3 Å². The van der Waals surface area contributed by atoms with E-state index in [0.29, 0.717) is 12.7 Å². The van der Waals surface area contributed by atoms with E-state index in [0.717, 1.165) is 64.7 Å². The van der Waals surface area contributed by atoms with Gasteiger partial charge in [0.25, 0.3) is 0 Å². The Hall–Kier alpha value is -2.09. The third-order valence-corrected chi connectivity index (χ3v) is 6.63. The molecular weight excluding hydrogens is 396 g/mol. The lowest BCUT2D eigenvalue weighted by Crippen LogP contribution is -2.52. The summed E-state index contributed by atoms with van der Waals surface area (Å²) in [6, 6.07) is 13.0. The second-order valence-electron chi connectivity index (χ2n) is 7.77. The first kappa shape index (κ1) is 21.2. The largest absolute Gasteiger partial charge is 0.381 e. The molecule has 2 aromatic rings. The normalized spacial score (nSPS) is 18.6. The summed E-state index contributed by atoms with van der Waals surface area (Å²) in [5.74, 6) is 0.977. The lowest BCUT2D eigenvalue weighted by molar-refractivity contribution is -0.0390. The predicted molar refractivity (Wildman–Crippen MR) is 123 cm³/mol. The molecule has 0 spiro atoms. The van der Waals surface area contributed by atoms with Crippen molar-refractivity contribution in [3.05, 3.63) is 52.9 Å². The molecule has 0 radical (unpaired) electrons. The third kappa shape index (κ3) is 5.74. The fraction of sp³-hybridized carbons (Fsp3) is 0.522. The first-order chi connectivity index (χ1) is 14.8. The quantitative estimate of drug-likeness (QED) is 0.565. The zero-order valence-corrected chi connectivity index (χ0v) is 18.6. The van der Waals surface area contributed by atoms with Crippen molar-refractivity contribution >= 4 is 22.3 Å². The zero-order valence-electron chi connectivity index (χ0n) is 17.8. The zero-order chi connectivity index (χ0) is 20.6. The van der Waals surface area contributed by atoms with Crippen LogP contribution in [0.3, 0.4) is 0 Å². The van der Waals surface area contributed by atoms with Crippen LogP contribution in [0.4, 0.5) is 5.00 Å². The monoisotopic (exact) mass is 428 g/mol. The predicted octanol–water partition coefficient (Wildman–Crippen LogP) is 3.34. The number of hydrogen-bond donors (Lipinski definition) is 1. The molecule has 2 aliphatic heterocycles. The molecule has 3 heterocycles. The first-order valence-corrected chi connectivity index (χ1v) is 11.7. The van der Waals surface area contributed by atoms with Crippen molar-refractivity contribution < 1.29 is 9.47 Å². The second-order valence-corrected chi connectivity index (χ2v) is 8.69. The van der Waals surface area contributed by atoms with Crippen molar-refractivity contribution in [3.63, 3.8) is 0 Å². The highest BCUT2D eigenvalue weighted by Gasteiger charge is 2.20. The van der Waals surface area contributed by atoms with Crippen LogP contribution in [-0.4, -0.2) is 63.4 Å². The van der Waals surface area contributed by atoms with E-state index >= 15 is 0 Å². The molecule has 0 amide bonds. The maximum atomic E-state index is 6.07. The van der Waals surface area contributed by atoms with Crippen molar-refractivity contribution in [2.24, 2.45) is 4.99 Å². The molecular formula is C23H32N4O2S. The van der Waals surface area contributed by atoms with Gasteiger partial charge in [-0.15, -0.1) is 11.3 Å². The van der Waals surface area contributed by atoms with Crippen molar-refractivity contribution in [3.8, 4) is 0 Å². The maximum absolute atomic E-state index is 6.07. The molecule has 6 nitrogen and oxygen atoms in total. The summed E-state index contributed by atoms with van der Waals surface area (Å²) < 4.78 is 11.5. The Morgan fingerprint density at radius 2 is 1.93 bits per heavy atom. The fourth-order valence-corrected chi connectivity index (χ4v) is 4.77. The van der Waals surface area contributed by atoms with E-state index in [2.05, 4.69) is 61.9 Å².